The van der Waals surface area contributed by atoms with E-state index in [4.69, 9.17) is 4.74 Å². The van der Waals surface area contributed by atoms with Gasteiger partial charge in [0.05, 0.1) is 6.10 Å². The molecule has 1 aliphatic rings. The molecule has 126 valence electrons. The molecule has 1 heterocycles. The number of ether oxygens (including phenoxy) is 1. The van der Waals surface area contributed by atoms with Crippen molar-refractivity contribution >= 4 is 5.91 Å². The number of hydrogen-bond acceptors (Lipinski definition) is 4. The van der Waals surface area contributed by atoms with E-state index in [1.165, 1.54) is 0 Å². The van der Waals surface area contributed by atoms with Crippen LogP contribution in [-0.4, -0.2) is 30.2 Å². The van der Waals surface area contributed by atoms with E-state index in [-0.39, 0.29) is 11.8 Å². The minimum absolute atomic E-state index is 0.00208. The van der Waals surface area contributed by atoms with Crippen LogP contribution in [-0.2, 0) is 11.3 Å². The zero-order valence-corrected chi connectivity index (χ0v) is 13.4. The fourth-order valence-electron chi connectivity index (χ4n) is 2.78. The Morgan fingerprint density at radius 2 is 1.92 bits per heavy atom. The summed E-state index contributed by atoms with van der Waals surface area (Å²) in [6.45, 7) is 1.70. The lowest BCUT2D eigenvalue weighted by Gasteiger charge is -2.13. The third kappa shape index (κ3) is 4.57. The number of amides is 1. The van der Waals surface area contributed by atoms with Crippen molar-refractivity contribution in [1.82, 2.24) is 10.6 Å². The Balaban J connectivity index is 1.52. The van der Waals surface area contributed by atoms with Crippen LogP contribution in [0.2, 0.25) is 0 Å². The molecule has 0 aliphatic carbocycles. The van der Waals surface area contributed by atoms with Crippen molar-refractivity contribution < 1.29 is 14.6 Å². The van der Waals surface area contributed by atoms with E-state index in [1.807, 2.05) is 54.6 Å². The van der Waals surface area contributed by atoms with Crippen LogP contribution in [0.1, 0.15) is 12.0 Å². The SMILES string of the molecule is O=C(C[C@@H]1CNC[C@H]1O)NCc1cccc(Oc2ccccc2)c1. The Morgan fingerprint density at radius 1 is 1.12 bits per heavy atom. The number of carbonyl (C=O) groups is 1. The molecule has 3 rings (SSSR count). The third-order valence-corrected chi connectivity index (χ3v) is 4.12. The number of aliphatic hydroxyl groups excluding tert-OH is 1. The maximum absolute atomic E-state index is 12.0. The zero-order chi connectivity index (χ0) is 16.8. The van der Waals surface area contributed by atoms with Gasteiger partial charge in [-0.25, -0.2) is 0 Å². The number of rotatable bonds is 6. The van der Waals surface area contributed by atoms with Crippen LogP contribution in [0.3, 0.4) is 0 Å². The van der Waals surface area contributed by atoms with Crippen LogP contribution in [0, 0.1) is 5.92 Å². The predicted molar refractivity (Wildman–Crippen MR) is 91.8 cm³/mol. The highest BCUT2D eigenvalue weighted by molar-refractivity contribution is 5.76. The number of carbonyl (C=O) groups excluding carboxylic acids is 1. The molecule has 1 amide bonds. The molecule has 1 saturated heterocycles. The van der Waals surface area contributed by atoms with Crippen LogP contribution < -0.4 is 15.4 Å². The summed E-state index contributed by atoms with van der Waals surface area (Å²) in [6.07, 6.45) is -0.0904. The van der Waals surface area contributed by atoms with Gasteiger partial charge < -0.3 is 20.5 Å². The lowest BCUT2D eigenvalue weighted by molar-refractivity contribution is -0.122. The first-order chi connectivity index (χ1) is 11.7. The standard InChI is InChI=1S/C19H22N2O3/c22-18-13-20-12-15(18)10-19(23)21-11-14-5-4-8-17(9-14)24-16-6-2-1-3-7-16/h1-9,15,18,20,22H,10-13H2,(H,21,23)/t15-,18-/m1/s1. The fraction of sp³-hybridized carbons (Fsp3) is 0.316. The number of nitrogens with one attached hydrogen (secondary N) is 2. The summed E-state index contributed by atoms with van der Waals surface area (Å²) in [6, 6.07) is 17.2. The van der Waals surface area contributed by atoms with Gasteiger partial charge in [-0.2, -0.15) is 0 Å². The van der Waals surface area contributed by atoms with Gasteiger partial charge in [-0.3, -0.25) is 4.79 Å². The van der Waals surface area contributed by atoms with Crippen molar-refractivity contribution in [3.8, 4) is 11.5 Å². The summed E-state index contributed by atoms with van der Waals surface area (Å²) in [7, 11) is 0. The largest absolute Gasteiger partial charge is 0.457 e. The molecule has 5 heteroatoms. The molecule has 0 radical (unpaired) electrons. The monoisotopic (exact) mass is 326 g/mol. The van der Waals surface area contributed by atoms with E-state index in [1.54, 1.807) is 0 Å². The normalized spacial score (nSPS) is 19.9. The molecule has 0 unspecified atom stereocenters. The van der Waals surface area contributed by atoms with Crippen molar-refractivity contribution in [3.05, 3.63) is 60.2 Å². The highest BCUT2D eigenvalue weighted by Gasteiger charge is 2.26. The van der Waals surface area contributed by atoms with Crippen LogP contribution >= 0.6 is 0 Å². The summed E-state index contributed by atoms with van der Waals surface area (Å²) < 4.78 is 5.79. The lowest BCUT2D eigenvalue weighted by Crippen LogP contribution is -2.29. The minimum atomic E-state index is -0.432. The molecular weight excluding hydrogens is 304 g/mol. The molecule has 2 aromatic carbocycles. The van der Waals surface area contributed by atoms with E-state index in [2.05, 4.69) is 10.6 Å². The topological polar surface area (TPSA) is 70.6 Å². The van der Waals surface area contributed by atoms with E-state index >= 15 is 0 Å². The Kier molecular flexibility index (Phi) is 5.46. The van der Waals surface area contributed by atoms with Crippen molar-refractivity contribution in [3.63, 3.8) is 0 Å². The highest BCUT2D eigenvalue weighted by atomic mass is 16.5. The van der Waals surface area contributed by atoms with Gasteiger partial charge in [0.25, 0.3) is 0 Å². The summed E-state index contributed by atoms with van der Waals surface area (Å²) in [5.41, 5.74) is 0.974. The molecule has 3 N–H and O–H groups in total. The molecule has 2 atom stereocenters. The van der Waals surface area contributed by atoms with Gasteiger partial charge in [-0.15, -0.1) is 0 Å². The summed E-state index contributed by atoms with van der Waals surface area (Å²) >= 11 is 0. The van der Waals surface area contributed by atoms with Gasteiger partial charge in [0.15, 0.2) is 0 Å². The Bertz CT molecular complexity index is 675. The number of aliphatic hydroxyl groups is 1. The van der Waals surface area contributed by atoms with Gasteiger partial charge in [0.2, 0.25) is 5.91 Å². The molecule has 0 bridgehead atoms. The van der Waals surface area contributed by atoms with E-state index in [9.17, 15) is 9.90 Å². The first-order valence-electron chi connectivity index (χ1n) is 8.18. The average Bonchev–Trinajstić information content (AvgIpc) is 2.99. The highest BCUT2D eigenvalue weighted by Crippen LogP contribution is 2.21. The molecule has 5 nitrogen and oxygen atoms in total. The van der Waals surface area contributed by atoms with Crippen molar-refractivity contribution in [2.45, 2.75) is 19.1 Å². The summed E-state index contributed by atoms with van der Waals surface area (Å²) in [5, 5.41) is 15.7. The molecular formula is C19H22N2O3. The van der Waals surface area contributed by atoms with E-state index in [0.717, 1.165) is 17.1 Å². The second-order valence-corrected chi connectivity index (χ2v) is 6.03. The first kappa shape index (κ1) is 16.5. The number of hydrogen-bond donors (Lipinski definition) is 3. The lowest BCUT2D eigenvalue weighted by atomic mass is 10.0. The van der Waals surface area contributed by atoms with E-state index in [0.29, 0.717) is 26.1 Å². The number of benzene rings is 2. The van der Waals surface area contributed by atoms with Crippen LogP contribution in [0.5, 0.6) is 11.5 Å². The van der Waals surface area contributed by atoms with Crippen LogP contribution in [0.4, 0.5) is 0 Å². The van der Waals surface area contributed by atoms with E-state index < -0.39 is 6.10 Å². The second kappa shape index (κ2) is 7.95. The van der Waals surface area contributed by atoms with Gasteiger partial charge in [0.1, 0.15) is 11.5 Å². The summed E-state index contributed by atoms with van der Waals surface area (Å²) in [4.78, 5) is 12.0. The van der Waals surface area contributed by atoms with Gasteiger partial charge in [0, 0.05) is 32.0 Å². The Hall–Kier alpha value is -2.37. The maximum atomic E-state index is 12.0. The minimum Gasteiger partial charge on any atom is -0.457 e. The van der Waals surface area contributed by atoms with Crippen LogP contribution in [0.25, 0.3) is 0 Å². The number of para-hydroxylation sites is 1. The molecule has 1 aliphatic heterocycles. The maximum Gasteiger partial charge on any atom is 0.220 e. The predicted octanol–water partition coefficient (Wildman–Crippen LogP) is 2.07. The smallest absolute Gasteiger partial charge is 0.220 e. The molecule has 1 fully saturated rings. The molecule has 0 aromatic heterocycles. The van der Waals surface area contributed by atoms with Gasteiger partial charge in [-0.05, 0) is 29.8 Å². The molecule has 0 spiro atoms. The Labute approximate surface area is 141 Å². The van der Waals surface area contributed by atoms with Gasteiger partial charge in [-0.1, -0.05) is 30.3 Å². The molecule has 0 saturated carbocycles. The van der Waals surface area contributed by atoms with Crippen molar-refractivity contribution in [2.75, 3.05) is 13.1 Å². The quantitative estimate of drug-likeness (QED) is 0.760. The van der Waals surface area contributed by atoms with Crippen LogP contribution in [0.15, 0.2) is 54.6 Å². The number of β-amino-alcohol motifs (C(OH)–C–C–N with tert-alkyl or cyclic N) is 1. The van der Waals surface area contributed by atoms with Crippen molar-refractivity contribution in [2.24, 2.45) is 5.92 Å². The van der Waals surface area contributed by atoms with Gasteiger partial charge >= 0.3 is 0 Å². The third-order valence-electron chi connectivity index (χ3n) is 4.12. The average molecular weight is 326 g/mol. The molecule has 24 heavy (non-hydrogen) atoms. The zero-order valence-electron chi connectivity index (χ0n) is 13.4. The Morgan fingerprint density at radius 3 is 2.67 bits per heavy atom. The summed E-state index contributed by atoms with van der Waals surface area (Å²) in [5.74, 6) is 1.47. The molecule has 2 aromatic rings. The van der Waals surface area contributed by atoms with Crippen molar-refractivity contribution in [1.29, 1.82) is 0 Å². The second-order valence-electron chi connectivity index (χ2n) is 6.03. The first-order valence-corrected chi connectivity index (χ1v) is 8.18. The fourth-order valence-corrected chi connectivity index (χ4v) is 2.78.